The van der Waals surface area contributed by atoms with Crippen LogP contribution in [0.3, 0.4) is 0 Å². The lowest BCUT2D eigenvalue weighted by atomic mass is 10.0. The Morgan fingerprint density at radius 1 is 1.09 bits per heavy atom. The van der Waals surface area contributed by atoms with E-state index in [2.05, 4.69) is 15.6 Å². The molecule has 3 aromatic carbocycles. The van der Waals surface area contributed by atoms with Crippen LogP contribution in [0.5, 0.6) is 0 Å². The van der Waals surface area contributed by atoms with Gasteiger partial charge in [-0.25, -0.2) is 13.8 Å². The molecule has 3 aromatic rings. The first-order valence-electron chi connectivity index (χ1n) is 10.0. The molecule has 1 aliphatic rings. The Balaban J connectivity index is 1.64. The van der Waals surface area contributed by atoms with Gasteiger partial charge in [-0.15, -0.1) is 0 Å². The summed E-state index contributed by atoms with van der Waals surface area (Å²) in [4.78, 5) is 19.3. The largest absolute Gasteiger partial charge is 0.358 e. The number of amides is 1. The Bertz CT molecular complexity index is 1230. The molecule has 0 saturated carbocycles. The van der Waals surface area contributed by atoms with Crippen molar-refractivity contribution in [2.24, 2.45) is 4.99 Å². The highest BCUT2D eigenvalue weighted by Gasteiger charge is 2.30. The maximum absolute atomic E-state index is 13.9. The Morgan fingerprint density at radius 3 is 2.48 bits per heavy atom. The topological polar surface area (TPSA) is 56.7 Å². The summed E-state index contributed by atoms with van der Waals surface area (Å²) in [5, 5.41) is 6.15. The molecule has 4 rings (SSSR count). The first-order chi connectivity index (χ1) is 15.8. The quantitative estimate of drug-likeness (QED) is 0.538. The van der Waals surface area contributed by atoms with Gasteiger partial charge in [0.05, 0.1) is 11.4 Å². The van der Waals surface area contributed by atoms with Crippen LogP contribution in [0.2, 0.25) is 5.02 Å². The molecule has 0 fully saturated rings. The van der Waals surface area contributed by atoms with Gasteiger partial charge in [0.1, 0.15) is 11.6 Å². The van der Waals surface area contributed by atoms with Gasteiger partial charge in [0, 0.05) is 35.3 Å². The lowest BCUT2D eigenvalue weighted by molar-refractivity contribution is -0.119. The zero-order valence-electron chi connectivity index (χ0n) is 17.5. The smallest absolute Gasteiger partial charge is 0.272 e. The number of likely N-dealkylation sites (N-methyl/N-ethyl adjacent to an activating group) is 1. The number of rotatable bonds is 4. The number of thiocarbonyl (C=S) groups is 1. The van der Waals surface area contributed by atoms with E-state index < -0.39 is 17.8 Å². The third-order valence-electron chi connectivity index (χ3n) is 5.20. The van der Waals surface area contributed by atoms with Gasteiger partial charge >= 0.3 is 0 Å². The van der Waals surface area contributed by atoms with E-state index in [0.29, 0.717) is 22.0 Å². The maximum Gasteiger partial charge on any atom is 0.272 e. The highest BCUT2D eigenvalue weighted by Crippen LogP contribution is 2.29. The number of carbonyl (C=O) groups is 1. The van der Waals surface area contributed by atoms with Gasteiger partial charge in [0.15, 0.2) is 5.11 Å². The van der Waals surface area contributed by atoms with Crippen LogP contribution in [0, 0.1) is 11.6 Å². The SMILES string of the molecule is CN1C(=O)C(NC(=S)NCc2c(F)cccc2F)N=C(c2ccccc2)c2cc(Cl)ccc21. The number of halogens is 3. The molecule has 1 heterocycles. The van der Waals surface area contributed by atoms with E-state index in [-0.39, 0.29) is 23.1 Å². The number of carbonyl (C=O) groups excluding carboxylic acids is 1. The van der Waals surface area contributed by atoms with Crippen LogP contribution in [0.25, 0.3) is 0 Å². The van der Waals surface area contributed by atoms with Crippen molar-refractivity contribution >= 4 is 46.2 Å². The van der Waals surface area contributed by atoms with Crippen LogP contribution < -0.4 is 15.5 Å². The number of hydrogen-bond acceptors (Lipinski definition) is 3. The van der Waals surface area contributed by atoms with Gasteiger partial charge in [0.2, 0.25) is 6.17 Å². The fourth-order valence-electron chi connectivity index (χ4n) is 3.51. The van der Waals surface area contributed by atoms with Crippen molar-refractivity contribution in [2.75, 3.05) is 11.9 Å². The number of aliphatic imine (C=N–C) groups is 1. The summed E-state index contributed by atoms with van der Waals surface area (Å²) in [6.45, 7) is -0.188. The van der Waals surface area contributed by atoms with E-state index in [1.54, 1.807) is 25.2 Å². The van der Waals surface area contributed by atoms with Crippen LogP contribution in [0.4, 0.5) is 14.5 Å². The maximum atomic E-state index is 13.9. The molecule has 0 spiro atoms. The zero-order valence-corrected chi connectivity index (χ0v) is 19.1. The number of anilines is 1. The fraction of sp³-hybridized carbons (Fsp3) is 0.125. The van der Waals surface area contributed by atoms with Gasteiger partial charge in [-0.1, -0.05) is 48.0 Å². The minimum atomic E-state index is -1.07. The molecule has 0 bridgehead atoms. The predicted octanol–water partition coefficient (Wildman–Crippen LogP) is 4.42. The van der Waals surface area contributed by atoms with Gasteiger partial charge in [-0.2, -0.15) is 0 Å². The van der Waals surface area contributed by atoms with Crippen LogP contribution in [0.15, 0.2) is 71.7 Å². The van der Waals surface area contributed by atoms with Crippen molar-refractivity contribution in [3.63, 3.8) is 0 Å². The molecular formula is C24H19ClF2N4OS. The van der Waals surface area contributed by atoms with Gasteiger partial charge in [-0.3, -0.25) is 4.79 Å². The number of nitrogens with one attached hydrogen (secondary N) is 2. The zero-order chi connectivity index (χ0) is 23.5. The number of benzodiazepines with no additional fused rings is 1. The summed E-state index contributed by atoms with van der Waals surface area (Å²) in [5.41, 5.74) is 2.54. The average Bonchev–Trinajstić information content (AvgIpc) is 2.89. The van der Waals surface area contributed by atoms with Gasteiger partial charge < -0.3 is 15.5 Å². The second-order valence-corrected chi connectivity index (χ2v) is 8.18. The second kappa shape index (κ2) is 9.64. The fourth-order valence-corrected chi connectivity index (χ4v) is 3.87. The molecule has 1 aliphatic heterocycles. The van der Waals surface area contributed by atoms with Crippen molar-refractivity contribution in [2.45, 2.75) is 12.7 Å². The summed E-state index contributed by atoms with van der Waals surface area (Å²) in [7, 11) is 1.64. The highest BCUT2D eigenvalue weighted by molar-refractivity contribution is 7.80. The Labute approximate surface area is 200 Å². The first kappa shape index (κ1) is 22.8. The van der Waals surface area contributed by atoms with Crippen LogP contribution in [0.1, 0.15) is 16.7 Å². The molecule has 168 valence electrons. The van der Waals surface area contributed by atoms with Crippen LogP contribution in [-0.2, 0) is 11.3 Å². The van der Waals surface area contributed by atoms with E-state index in [4.69, 9.17) is 23.8 Å². The minimum absolute atomic E-state index is 0.0320. The molecule has 9 heteroatoms. The summed E-state index contributed by atoms with van der Waals surface area (Å²) >= 11 is 11.5. The molecule has 1 atom stereocenters. The Morgan fingerprint density at radius 2 is 1.79 bits per heavy atom. The first-order valence-corrected chi connectivity index (χ1v) is 10.8. The molecule has 2 N–H and O–H groups in total. The summed E-state index contributed by atoms with van der Waals surface area (Å²) in [6.07, 6.45) is -1.07. The molecule has 1 unspecified atom stereocenters. The Kier molecular flexibility index (Phi) is 6.67. The third kappa shape index (κ3) is 4.86. The number of fused-ring (bicyclic) bond motifs is 1. The Hall–Kier alpha value is -3.36. The van der Waals surface area contributed by atoms with E-state index in [1.165, 1.54) is 23.1 Å². The van der Waals surface area contributed by atoms with Crippen LogP contribution >= 0.6 is 23.8 Å². The molecule has 5 nitrogen and oxygen atoms in total. The number of nitrogens with zero attached hydrogens (tertiary/aromatic N) is 2. The molecule has 0 aliphatic carbocycles. The van der Waals surface area contributed by atoms with Gasteiger partial charge in [-0.05, 0) is 42.5 Å². The molecule has 0 radical (unpaired) electrons. The summed E-state index contributed by atoms with van der Waals surface area (Å²) < 4.78 is 27.8. The van der Waals surface area contributed by atoms with E-state index in [9.17, 15) is 13.6 Å². The van der Waals surface area contributed by atoms with E-state index in [0.717, 1.165) is 5.56 Å². The summed E-state index contributed by atoms with van der Waals surface area (Å²) in [6, 6.07) is 18.2. The molecule has 0 aromatic heterocycles. The van der Waals surface area contributed by atoms with Crippen molar-refractivity contribution in [1.29, 1.82) is 0 Å². The van der Waals surface area contributed by atoms with Crippen molar-refractivity contribution in [3.8, 4) is 0 Å². The van der Waals surface area contributed by atoms with Crippen LogP contribution in [-0.4, -0.2) is 29.9 Å². The molecule has 33 heavy (non-hydrogen) atoms. The van der Waals surface area contributed by atoms with Gasteiger partial charge in [0.25, 0.3) is 5.91 Å². The number of benzene rings is 3. The average molecular weight is 485 g/mol. The standard InChI is InChI=1S/C24H19ClF2N4OS/c1-31-20-11-10-15(25)12-16(20)21(14-6-3-2-4-7-14)29-22(23(31)32)30-24(33)28-13-17-18(26)8-5-9-19(17)27/h2-12,22H,13H2,1H3,(H2,28,30,33). The normalized spacial score (nSPS) is 15.4. The molecule has 1 amide bonds. The van der Waals surface area contributed by atoms with Crippen molar-refractivity contribution in [1.82, 2.24) is 10.6 Å². The third-order valence-corrected chi connectivity index (χ3v) is 5.70. The summed E-state index contributed by atoms with van der Waals surface area (Å²) in [5.74, 6) is -1.73. The molecular weight excluding hydrogens is 466 g/mol. The number of hydrogen-bond donors (Lipinski definition) is 2. The lowest BCUT2D eigenvalue weighted by Gasteiger charge is -2.22. The predicted molar refractivity (Wildman–Crippen MR) is 130 cm³/mol. The van der Waals surface area contributed by atoms with Crippen molar-refractivity contribution in [3.05, 3.63) is 100 Å². The second-order valence-electron chi connectivity index (χ2n) is 7.33. The monoisotopic (exact) mass is 484 g/mol. The highest BCUT2D eigenvalue weighted by atomic mass is 35.5. The molecule has 0 saturated heterocycles. The van der Waals surface area contributed by atoms with E-state index >= 15 is 0 Å². The van der Waals surface area contributed by atoms with E-state index in [1.807, 2.05) is 30.3 Å². The van der Waals surface area contributed by atoms with Crippen molar-refractivity contribution < 1.29 is 13.6 Å². The lowest BCUT2D eigenvalue weighted by Crippen LogP contribution is -2.49. The minimum Gasteiger partial charge on any atom is -0.358 e.